The van der Waals surface area contributed by atoms with Crippen molar-refractivity contribution in [2.24, 2.45) is 0 Å². The van der Waals surface area contributed by atoms with E-state index in [9.17, 15) is 0 Å². The molecule has 1 saturated carbocycles. The lowest BCUT2D eigenvalue weighted by molar-refractivity contribution is 0.0572. The molecule has 0 amide bonds. The molecule has 1 aliphatic carbocycles. The molecular weight excluding hydrogens is 621 g/mol. The standard InChI is InChI=1S/C39H45Cl2NO2.ClH/c1-29-10-4-6-12-36(29)33(27-43-25-31-14-18-34(40)19-15-31)24-42-39(22-8-3-9-23-39)38(37-13-7-5-11-30(37)2)28-44-26-32-16-20-35(41)21-17-32;/h4-7,10-21,33,38,42H,3,8-9,22-28H2,1-2H3;1H. The number of hydrogen-bond acceptors (Lipinski definition) is 3. The average Bonchev–Trinajstić information content (AvgIpc) is 3.04. The molecule has 2 atom stereocenters. The van der Waals surface area contributed by atoms with Crippen LogP contribution in [0.5, 0.6) is 0 Å². The Kier molecular flexibility index (Phi) is 13.8. The van der Waals surface area contributed by atoms with Gasteiger partial charge in [0, 0.05) is 34.0 Å². The highest BCUT2D eigenvalue weighted by molar-refractivity contribution is 6.30. The van der Waals surface area contributed by atoms with Crippen LogP contribution in [0, 0.1) is 13.8 Å². The summed E-state index contributed by atoms with van der Waals surface area (Å²) in [6, 6.07) is 33.5. The highest BCUT2D eigenvalue weighted by Crippen LogP contribution is 2.42. The minimum Gasteiger partial charge on any atom is -0.376 e. The van der Waals surface area contributed by atoms with Crippen molar-refractivity contribution in [1.29, 1.82) is 0 Å². The molecule has 0 aliphatic heterocycles. The van der Waals surface area contributed by atoms with Gasteiger partial charge in [0.25, 0.3) is 0 Å². The van der Waals surface area contributed by atoms with Gasteiger partial charge >= 0.3 is 0 Å². The van der Waals surface area contributed by atoms with Gasteiger partial charge in [-0.2, -0.15) is 0 Å². The van der Waals surface area contributed by atoms with Crippen LogP contribution in [0.3, 0.4) is 0 Å². The molecular formula is C39H46Cl3NO2. The van der Waals surface area contributed by atoms with Gasteiger partial charge in [-0.1, -0.05) is 115 Å². The van der Waals surface area contributed by atoms with E-state index in [1.54, 1.807) is 0 Å². The van der Waals surface area contributed by atoms with Crippen LogP contribution < -0.4 is 5.32 Å². The molecule has 0 heterocycles. The van der Waals surface area contributed by atoms with Gasteiger partial charge in [-0.15, -0.1) is 12.4 Å². The van der Waals surface area contributed by atoms with E-state index in [-0.39, 0.29) is 29.8 Å². The zero-order valence-corrected chi connectivity index (χ0v) is 28.8. The number of nitrogens with one attached hydrogen (secondary N) is 1. The van der Waals surface area contributed by atoms with Crippen molar-refractivity contribution in [2.45, 2.75) is 76.5 Å². The van der Waals surface area contributed by atoms with Crippen LogP contribution in [0.4, 0.5) is 0 Å². The summed E-state index contributed by atoms with van der Waals surface area (Å²) in [5.41, 5.74) is 7.54. The molecule has 0 spiro atoms. The molecule has 1 N–H and O–H groups in total. The minimum absolute atomic E-state index is 0. The Balaban J connectivity index is 0.00000461. The molecule has 240 valence electrons. The summed E-state index contributed by atoms with van der Waals surface area (Å²) in [6.07, 6.45) is 5.97. The van der Waals surface area contributed by atoms with E-state index in [2.05, 4.69) is 79.8 Å². The van der Waals surface area contributed by atoms with Crippen LogP contribution in [0.25, 0.3) is 0 Å². The topological polar surface area (TPSA) is 30.5 Å². The Hall–Kier alpha value is -2.37. The number of rotatable bonds is 14. The zero-order chi connectivity index (χ0) is 30.8. The predicted molar refractivity (Wildman–Crippen MR) is 191 cm³/mol. The normalized spacial score (nSPS) is 15.6. The summed E-state index contributed by atoms with van der Waals surface area (Å²) in [4.78, 5) is 0. The Morgan fingerprint density at radius 2 is 1.13 bits per heavy atom. The van der Waals surface area contributed by atoms with Gasteiger partial charge < -0.3 is 14.8 Å². The summed E-state index contributed by atoms with van der Waals surface area (Å²) in [5.74, 6) is 0.443. The molecule has 6 heteroatoms. The van der Waals surface area contributed by atoms with E-state index in [1.165, 1.54) is 41.5 Å². The van der Waals surface area contributed by atoms with Crippen molar-refractivity contribution in [1.82, 2.24) is 5.32 Å². The van der Waals surface area contributed by atoms with Crippen molar-refractivity contribution >= 4 is 35.6 Å². The van der Waals surface area contributed by atoms with E-state index in [0.717, 1.165) is 40.6 Å². The molecule has 5 rings (SSSR count). The lowest BCUT2D eigenvalue weighted by Gasteiger charge is -2.46. The van der Waals surface area contributed by atoms with E-state index in [4.69, 9.17) is 32.7 Å². The summed E-state index contributed by atoms with van der Waals surface area (Å²) >= 11 is 12.2. The second kappa shape index (κ2) is 17.5. The van der Waals surface area contributed by atoms with Gasteiger partial charge in [0.2, 0.25) is 0 Å². The minimum atomic E-state index is -0.0680. The van der Waals surface area contributed by atoms with Crippen LogP contribution in [-0.4, -0.2) is 25.3 Å². The molecule has 0 bridgehead atoms. The van der Waals surface area contributed by atoms with Crippen LogP contribution in [-0.2, 0) is 22.7 Å². The maximum Gasteiger partial charge on any atom is 0.0717 e. The first-order valence-electron chi connectivity index (χ1n) is 15.9. The van der Waals surface area contributed by atoms with Crippen molar-refractivity contribution in [3.05, 3.63) is 140 Å². The smallest absolute Gasteiger partial charge is 0.0717 e. The first-order chi connectivity index (χ1) is 21.4. The lowest BCUT2D eigenvalue weighted by Crippen LogP contribution is -2.54. The van der Waals surface area contributed by atoms with Gasteiger partial charge in [-0.3, -0.25) is 0 Å². The Morgan fingerprint density at radius 3 is 1.67 bits per heavy atom. The quantitative estimate of drug-likeness (QED) is 0.145. The maximum absolute atomic E-state index is 6.53. The fourth-order valence-electron chi connectivity index (χ4n) is 6.76. The van der Waals surface area contributed by atoms with Gasteiger partial charge in [0.15, 0.2) is 0 Å². The van der Waals surface area contributed by atoms with E-state index in [0.29, 0.717) is 26.4 Å². The number of halogens is 3. The van der Waals surface area contributed by atoms with E-state index < -0.39 is 0 Å². The summed E-state index contributed by atoms with van der Waals surface area (Å²) < 4.78 is 12.9. The molecule has 0 saturated heterocycles. The Bertz CT molecular complexity index is 1450. The van der Waals surface area contributed by atoms with Crippen LogP contribution in [0.15, 0.2) is 97.1 Å². The van der Waals surface area contributed by atoms with E-state index >= 15 is 0 Å². The second-order valence-corrected chi connectivity index (χ2v) is 13.2. The fraction of sp³-hybridized carbons (Fsp3) is 0.385. The van der Waals surface area contributed by atoms with Crippen molar-refractivity contribution in [2.75, 3.05) is 19.8 Å². The number of hydrogen-bond donors (Lipinski definition) is 1. The van der Waals surface area contributed by atoms with Crippen molar-refractivity contribution in [3.8, 4) is 0 Å². The molecule has 2 unspecified atom stereocenters. The average molecular weight is 667 g/mol. The maximum atomic E-state index is 6.53. The first kappa shape index (κ1) is 35.5. The third-order valence-electron chi connectivity index (χ3n) is 9.27. The molecule has 1 fully saturated rings. The first-order valence-corrected chi connectivity index (χ1v) is 16.7. The highest BCUT2D eigenvalue weighted by Gasteiger charge is 2.41. The molecule has 3 nitrogen and oxygen atoms in total. The largest absolute Gasteiger partial charge is 0.376 e. The third kappa shape index (κ3) is 9.81. The second-order valence-electron chi connectivity index (χ2n) is 12.3. The molecule has 0 radical (unpaired) electrons. The molecule has 1 aliphatic rings. The van der Waals surface area contributed by atoms with Crippen LogP contribution >= 0.6 is 35.6 Å². The SMILES string of the molecule is Cc1ccccc1C(CNC1(C(COCc2ccc(Cl)cc2)c2ccccc2C)CCCCC1)COCc1ccc(Cl)cc1.Cl. The zero-order valence-electron chi connectivity index (χ0n) is 26.4. The third-order valence-corrected chi connectivity index (χ3v) is 9.78. The van der Waals surface area contributed by atoms with Gasteiger partial charge in [-0.25, -0.2) is 0 Å². The summed E-state index contributed by atoms with van der Waals surface area (Å²) in [5, 5.41) is 5.70. The molecule has 4 aromatic rings. The number of aryl methyl sites for hydroxylation is 2. The number of benzene rings is 4. The molecule has 4 aromatic carbocycles. The van der Waals surface area contributed by atoms with E-state index in [1.807, 2.05) is 36.4 Å². The predicted octanol–water partition coefficient (Wildman–Crippen LogP) is 10.6. The van der Waals surface area contributed by atoms with Crippen LogP contribution in [0.1, 0.15) is 77.3 Å². The Morgan fingerprint density at radius 1 is 0.644 bits per heavy atom. The Labute approximate surface area is 286 Å². The van der Waals surface area contributed by atoms with Crippen LogP contribution in [0.2, 0.25) is 10.0 Å². The molecule has 45 heavy (non-hydrogen) atoms. The number of ether oxygens (including phenoxy) is 2. The summed E-state index contributed by atoms with van der Waals surface area (Å²) in [6.45, 7) is 7.71. The summed E-state index contributed by atoms with van der Waals surface area (Å²) in [7, 11) is 0. The van der Waals surface area contributed by atoms with Gasteiger partial charge in [0.05, 0.1) is 26.4 Å². The monoisotopic (exact) mass is 665 g/mol. The van der Waals surface area contributed by atoms with Gasteiger partial charge in [-0.05, 0) is 84.3 Å². The van der Waals surface area contributed by atoms with Crippen molar-refractivity contribution in [3.63, 3.8) is 0 Å². The highest BCUT2D eigenvalue weighted by atomic mass is 35.5. The lowest BCUT2D eigenvalue weighted by atomic mass is 9.69. The molecule has 0 aromatic heterocycles. The van der Waals surface area contributed by atoms with Crippen molar-refractivity contribution < 1.29 is 9.47 Å². The fourth-order valence-corrected chi connectivity index (χ4v) is 7.01. The van der Waals surface area contributed by atoms with Gasteiger partial charge in [0.1, 0.15) is 0 Å².